The summed E-state index contributed by atoms with van der Waals surface area (Å²) in [4.78, 5) is 22.2. The lowest BCUT2D eigenvalue weighted by Crippen LogP contribution is -2.36. The number of aromatic nitrogens is 2. The average molecular weight is 348 g/mol. The molecule has 1 aromatic heterocycles. The maximum atomic E-state index is 12.7. The van der Waals surface area contributed by atoms with Crippen LogP contribution in [0.4, 0.5) is 11.4 Å². The molecule has 132 valence electrons. The van der Waals surface area contributed by atoms with Crippen LogP contribution in [-0.4, -0.2) is 42.2 Å². The molecule has 2 N–H and O–H groups in total. The van der Waals surface area contributed by atoms with E-state index in [4.69, 9.17) is 4.74 Å². The van der Waals surface area contributed by atoms with Crippen LogP contribution < -0.4 is 10.2 Å². The van der Waals surface area contributed by atoms with E-state index in [1.54, 1.807) is 12.4 Å². The van der Waals surface area contributed by atoms with E-state index >= 15 is 0 Å². The third-order valence-electron chi connectivity index (χ3n) is 4.42. The molecule has 0 radical (unpaired) electrons. The zero-order chi connectivity index (χ0) is 17.8. The average Bonchev–Trinajstić information content (AvgIpc) is 3.24. The number of para-hydroxylation sites is 2. The molecule has 1 aliphatic rings. The molecular weight excluding hydrogens is 328 g/mol. The number of carbonyl (C=O) groups excluding carboxylic acids is 1. The Hall–Kier alpha value is -3.12. The molecule has 0 spiro atoms. The Morgan fingerprint density at radius 3 is 2.58 bits per heavy atom. The van der Waals surface area contributed by atoms with Gasteiger partial charge in [-0.3, -0.25) is 4.79 Å². The highest BCUT2D eigenvalue weighted by atomic mass is 16.5. The van der Waals surface area contributed by atoms with Crippen molar-refractivity contribution in [1.82, 2.24) is 9.97 Å². The third-order valence-corrected chi connectivity index (χ3v) is 4.42. The monoisotopic (exact) mass is 348 g/mol. The number of carbonyl (C=O) groups is 1. The van der Waals surface area contributed by atoms with Crippen molar-refractivity contribution in [2.24, 2.45) is 0 Å². The van der Waals surface area contributed by atoms with Gasteiger partial charge in [-0.1, -0.05) is 24.3 Å². The topological polar surface area (TPSA) is 70.2 Å². The van der Waals surface area contributed by atoms with E-state index in [1.165, 1.54) is 0 Å². The van der Waals surface area contributed by atoms with Crippen molar-refractivity contribution < 1.29 is 9.53 Å². The zero-order valence-corrected chi connectivity index (χ0v) is 14.3. The van der Waals surface area contributed by atoms with Gasteiger partial charge in [-0.25, -0.2) is 4.98 Å². The Labute approximate surface area is 151 Å². The van der Waals surface area contributed by atoms with Gasteiger partial charge < -0.3 is 19.9 Å². The lowest BCUT2D eigenvalue weighted by atomic mass is 10.1. The molecule has 6 heteroatoms. The first-order chi connectivity index (χ1) is 12.8. The number of ether oxygens (including phenoxy) is 1. The second kappa shape index (κ2) is 7.41. The number of amides is 1. The van der Waals surface area contributed by atoms with E-state index < -0.39 is 0 Å². The summed E-state index contributed by atoms with van der Waals surface area (Å²) >= 11 is 0. The molecule has 0 aliphatic carbocycles. The second-order valence-corrected chi connectivity index (χ2v) is 6.09. The highest BCUT2D eigenvalue weighted by molar-refractivity contribution is 6.06. The molecule has 2 heterocycles. The van der Waals surface area contributed by atoms with Gasteiger partial charge in [0.1, 0.15) is 5.82 Å². The van der Waals surface area contributed by atoms with Crippen LogP contribution in [0.3, 0.4) is 0 Å². The van der Waals surface area contributed by atoms with E-state index in [1.807, 2.05) is 48.5 Å². The van der Waals surface area contributed by atoms with Crippen LogP contribution in [0.2, 0.25) is 0 Å². The summed E-state index contributed by atoms with van der Waals surface area (Å²) in [5.41, 5.74) is 3.39. The van der Waals surface area contributed by atoms with E-state index in [0.717, 1.165) is 35.9 Å². The van der Waals surface area contributed by atoms with E-state index in [9.17, 15) is 4.79 Å². The number of anilines is 2. The number of nitrogens with zero attached hydrogens (tertiary/aromatic N) is 2. The first-order valence-corrected chi connectivity index (χ1v) is 8.64. The molecule has 1 aliphatic heterocycles. The lowest BCUT2D eigenvalue weighted by molar-refractivity contribution is 0.102. The van der Waals surface area contributed by atoms with Crippen LogP contribution in [0.1, 0.15) is 10.4 Å². The molecule has 6 nitrogen and oxygen atoms in total. The number of aromatic amines is 1. The van der Waals surface area contributed by atoms with Gasteiger partial charge in [0.05, 0.1) is 24.6 Å². The smallest absolute Gasteiger partial charge is 0.255 e. The minimum Gasteiger partial charge on any atom is -0.378 e. The van der Waals surface area contributed by atoms with Gasteiger partial charge in [0, 0.05) is 36.6 Å². The van der Waals surface area contributed by atoms with Gasteiger partial charge in [0.15, 0.2) is 0 Å². The van der Waals surface area contributed by atoms with Crippen molar-refractivity contribution in [1.29, 1.82) is 0 Å². The fourth-order valence-electron chi connectivity index (χ4n) is 3.06. The fourth-order valence-corrected chi connectivity index (χ4v) is 3.06. The Morgan fingerprint density at radius 2 is 1.85 bits per heavy atom. The first-order valence-electron chi connectivity index (χ1n) is 8.64. The number of hydrogen-bond donors (Lipinski definition) is 2. The fraction of sp³-hybridized carbons (Fsp3) is 0.200. The van der Waals surface area contributed by atoms with Crippen LogP contribution in [0.15, 0.2) is 60.9 Å². The molecule has 1 fully saturated rings. The summed E-state index contributed by atoms with van der Waals surface area (Å²) in [6.07, 6.45) is 3.48. The van der Waals surface area contributed by atoms with Gasteiger partial charge >= 0.3 is 0 Å². The van der Waals surface area contributed by atoms with Gasteiger partial charge in [-0.2, -0.15) is 0 Å². The molecule has 0 bridgehead atoms. The van der Waals surface area contributed by atoms with Crippen molar-refractivity contribution in [2.75, 3.05) is 36.5 Å². The summed E-state index contributed by atoms with van der Waals surface area (Å²) in [6, 6.07) is 15.3. The summed E-state index contributed by atoms with van der Waals surface area (Å²) in [5, 5.41) is 3.03. The zero-order valence-electron chi connectivity index (χ0n) is 14.3. The van der Waals surface area contributed by atoms with Crippen molar-refractivity contribution in [3.05, 3.63) is 66.5 Å². The number of imidazole rings is 1. The van der Waals surface area contributed by atoms with Gasteiger partial charge in [0.2, 0.25) is 0 Å². The molecular formula is C20H20N4O2. The highest BCUT2D eigenvalue weighted by Crippen LogP contribution is 2.27. The number of rotatable bonds is 4. The number of nitrogens with one attached hydrogen (secondary N) is 2. The highest BCUT2D eigenvalue weighted by Gasteiger charge is 2.16. The van der Waals surface area contributed by atoms with E-state index in [0.29, 0.717) is 18.8 Å². The number of benzene rings is 2. The number of hydrogen-bond acceptors (Lipinski definition) is 4. The third kappa shape index (κ3) is 3.45. The molecule has 2 aromatic carbocycles. The predicted octanol–water partition coefficient (Wildman–Crippen LogP) is 3.17. The molecule has 3 aromatic rings. The maximum absolute atomic E-state index is 12.7. The molecule has 0 unspecified atom stereocenters. The quantitative estimate of drug-likeness (QED) is 0.760. The molecule has 1 amide bonds. The van der Waals surface area contributed by atoms with Gasteiger partial charge in [-0.05, 0) is 24.3 Å². The first kappa shape index (κ1) is 16.4. The van der Waals surface area contributed by atoms with Crippen molar-refractivity contribution >= 4 is 17.3 Å². The second-order valence-electron chi connectivity index (χ2n) is 6.09. The summed E-state index contributed by atoms with van der Waals surface area (Å²) in [7, 11) is 0. The largest absolute Gasteiger partial charge is 0.378 e. The SMILES string of the molecule is O=C(Nc1ccccc1N1CCOCC1)c1ccc(-c2ncc[nH]2)cc1. The van der Waals surface area contributed by atoms with Crippen LogP contribution in [0, 0.1) is 0 Å². The Morgan fingerprint density at radius 1 is 1.08 bits per heavy atom. The van der Waals surface area contributed by atoms with Crippen molar-refractivity contribution in [2.45, 2.75) is 0 Å². The molecule has 4 rings (SSSR count). The minimum atomic E-state index is -0.128. The van der Waals surface area contributed by atoms with Crippen LogP contribution in [0.5, 0.6) is 0 Å². The molecule has 0 saturated carbocycles. The minimum absolute atomic E-state index is 0.128. The normalized spacial score (nSPS) is 14.2. The van der Waals surface area contributed by atoms with Gasteiger partial charge in [-0.15, -0.1) is 0 Å². The van der Waals surface area contributed by atoms with E-state index in [-0.39, 0.29) is 5.91 Å². The van der Waals surface area contributed by atoms with Gasteiger partial charge in [0.25, 0.3) is 5.91 Å². The predicted molar refractivity (Wildman–Crippen MR) is 101 cm³/mol. The van der Waals surface area contributed by atoms with Crippen molar-refractivity contribution in [3.63, 3.8) is 0 Å². The Bertz CT molecular complexity index is 869. The molecule has 0 atom stereocenters. The Balaban J connectivity index is 1.51. The summed E-state index contributed by atoms with van der Waals surface area (Å²) < 4.78 is 5.42. The van der Waals surface area contributed by atoms with Crippen molar-refractivity contribution in [3.8, 4) is 11.4 Å². The molecule has 1 saturated heterocycles. The lowest BCUT2D eigenvalue weighted by Gasteiger charge is -2.30. The van der Waals surface area contributed by atoms with Crippen LogP contribution in [0.25, 0.3) is 11.4 Å². The van der Waals surface area contributed by atoms with Crippen LogP contribution in [-0.2, 0) is 4.74 Å². The van der Waals surface area contributed by atoms with E-state index in [2.05, 4.69) is 20.2 Å². The maximum Gasteiger partial charge on any atom is 0.255 e. The summed E-state index contributed by atoms with van der Waals surface area (Å²) in [6.45, 7) is 3.06. The Kier molecular flexibility index (Phi) is 4.66. The summed E-state index contributed by atoms with van der Waals surface area (Å²) in [5.74, 6) is 0.659. The molecule has 26 heavy (non-hydrogen) atoms. The number of morpholine rings is 1. The van der Waals surface area contributed by atoms with Crippen LogP contribution >= 0.6 is 0 Å². The number of H-pyrrole nitrogens is 1. The standard InChI is InChI=1S/C20H20N4O2/c25-20(16-7-5-15(6-8-16)19-21-9-10-22-19)23-17-3-1-2-4-18(17)24-11-13-26-14-12-24/h1-10H,11-14H2,(H,21,22)(H,23,25).